The molecule has 0 saturated carbocycles. The SMILES string of the molecule is O=C(CN1CCN(C(=O)CCCl)CC1)c1ccco1. The second-order valence-electron chi connectivity index (χ2n) is 4.50. The highest BCUT2D eigenvalue weighted by Crippen LogP contribution is 2.07. The molecule has 1 aliphatic heterocycles. The molecule has 0 spiro atoms. The summed E-state index contributed by atoms with van der Waals surface area (Å²) in [5.41, 5.74) is 0. The van der Waals surface area contributed by atoms with Gasteiger partial charge in [-0.05, 0) is 12.1 Å². The van der Waals surface area contributed by atoms with E-state index in [2.05, 4.69) is 0 Å². The fourth-order valence-electron chi connectivity index (χ4n) is 2.11. The molecule has 0 N–H and O–H groups in total. The summed E-state index contributed by atoms with van der Waals surface area (Å²) in [6, 6.07) is 3.37. The Balaban J connectivity index is 1.77. The Morgan fingerprint density at radius 3 is 2.58 bits per heavy atom. The van der Waals surface area contributed by atoms with Gasteiger partial charge in [-0.1, -0.05) is 0 Å². The first-order valence-electron chi connectivity index (χ1n) is 6.33. The number of piperazine rings is 1. The van der Waals surface area contributed by atoms with E-state index >= 15 is 0 Å². The summed E-state index contributed by atoms with van der Waals surface area (Å²) in [6.45, 7) is 3.06. The number of Topliss-reactive ketones (excluding diaryl/α,β-unsaturated/α-hetero) is 1. The van der Waals surface area contributed by atoms with Crippen molar-refractivity contribution < 1.29 is 14.0 Å². The number of carbonyl (C=O) groups excluding carboxylic acids is 2. The molecule has 0 radical (unpaired) electrons. The molecule has 1 amide bonds. The van der Waals surface area contributed by atoms with E-state index in [1.54, 1.807) is 17.0 Å². The summed E-state index contributed by atoms with van der Waals surface area (Å²) in [5.74, 6) is 0.814. The Morgan fingerprint density at radius 2 is 2.00 bits per heavy atom. The van der Waals surface area contributed by atoms with E-state index in [1.807, 2.05) is 4.90 Å². The summed E-state index contributed by atoms with van der Waals surface area (Å²) >= 11 is 5.56. The molecule has 19 heavy (non-hydrogen) atoms. The molecule has 2 rings (SSSR count). The predicted octanol–water partition coefficient (Wildman–Crippen LogP) is 1.24. The Bertz CT molecular complexity index is 425. The Labute approximate surface area is 117 Å². The summed E-state index contributed by atoms with van der Waals surface area (Å²) in [4.78, 5) is 27.4. The summed E-state index contributed by atoms with van der Waals surface area (Å²) < 4.78 is 5.07. The molecule has 0 unspecified atom stereocenters. The van der Waals surface area contributed by atoms with Gasteiger partial charge < -0.3 is 9.32 Å². The minimum Gasteiger partial charge on any atom is -0.461 e. The Hall–Kier alpha value is -1.33. The van der Waals surface area contributed by atoms with Gasteiger partial charge in [0.15, 0.2) is 5.76 Å². The van der Waals surface area contributed by atoms with Crippen LogP contribution in [-0.4, -0.2) is 60.1 Å². The van der Waals surface area contributed by atoms with Crippen LogP contribution in [0.25, 0.3) is 0 Å². The molecule has 5 nitrogen and oxygen atoms in total. The van der Waals surface area contributed by atoms with Crippen LogP contribution in [0.3, 0.4) is 0 Å². The maximum atomic E-state index is 11.9. The lowest BCUT2D eigenvalue weighted by Crippen LogP contribution is -2.49. The Kier molecular flexibility index (Phi) is 4.99. The number of hydrogen-bond donors (Lipinski definition) is 0. The molecule has 0 bridgehead atoms. The smallest absolute Gasteiger partial charge is 0.223 e. The van der Waals surface area contributed by atoms with Gasteiger partial charge in [0.1, 0.15) is 0 Å². The average Bonchev–Trinajstić information content (AvgIpc) is 2.94. The molecule has 1 saturated heterocycles. The van der Waals surface area contributed by atoms with E-state index in [0.717, 1.165) is 0 Å². The molecule has 1 aromatic rings. The topological polar surface area (TPSA) is 53.8 Å². The van der Waals surface area contributed by atoms with Crippen LogP contribution in [0.5, 0.6) is 0 Å². The lowest BCUT2D eigenvalue weighted by Gasteiger charge is -2.34. The highest BCUT2D eigenvalue weighted by atomic mass is 35.5. The van der Waals surface area contributed by atoms with Gasteiger partial charge in [0.25, 0.3) is 0 Å². The van der Waals surface area contributed by atoms with Crippen molar-refractivity contribution in [2.75, 3.05) is 38.6 Å². The maximum Gasteiger partial charge on any atom is 0.223 e. The molecule has 6 heteroatoms. The lowest BCUT2D eigenvalue weighted by molar-refractivity contribution is -0.132. The van der Waals surface area contributed by atoms with E-state index < -0.39 is 0 Å². The van der Waals surface area contributed by atoms with Crippen molar-refractivity contribution in [3.05, 3.63) is 24.2 Å². The molecule has 0 aromatic carbocycles. The van der Waals surface area contributed by atoms with Crippen LogP contribution in [0, 0.1) is 0 Å². The predicted molar refractivity (Wildman–Crippen MR) is 71.4 cm³/mol. The molecule has 0 aliphatic carbocycles. The highest BCUT2D eigenvalue weighted by Gasteiger charge is 2.22. The van der Waals surface area contributed by atoms with Gasteiger partial charge in [-0.25, -0.2) is 0 Å². The first-order valence-corrected chi connectivity index (χ1v) is 6.87. The van der Waals surface area contributed by atoms with Gasteiger partial charge in [0.05, 0.1) is 12.8 Å². The number of alkyl halides is 1. The molecular formula is C13H17ClN2O3. The second-order valence-corrected chi connectivity index (χ2v) is 4.87. The maximum absolute atomic E-state index is 11.9. The standard InChI is InChI=1S/C13H17ClN2O3/c14-4-3-13(18)16-7-5-15(6-8-16)10-11(17)12-2-1-9-19-12/h1-2,9H,3-8,10H2. The largest absolute Gasteiger partial charge is 0.461 e. The van der Waals surface area contributed by atoms with Gasteiger partial charge in [-0.3, -0.25) is 14.5 Å². The molecule has 1 aromatic heterocycles. The normalized spacial score (nSPS) is 16.6. The molecule has 2 heterocycles. The fraction of sp³-hybridized carbons (Fsp3) is 0.538. The van der Waals surface area contributed by atoms with E-state index in [-0.39, 0.29) is 11.7 Å². The highest BCUT2D eigenvalue weighted by molar-refractivity contribution is 6.18. The second kappa shape index (κ2) is 6.73. The monoisotopic (exact) mass is 284 g/mol. The van der Waals surface area contributed by atoms with Crippen molar-refractivity contribution in [2.45, 2.75) is 6.42 Å². The van der Waals surface area contributed by atoms with Crippen LogP contribution >= 0.6 is 11.6 Å². The van der Waals surface area contributed by atoms with E-state index in [9.17, 15) is 9.59 Å². The summed E-state index contributed by atoms with van der Waals surface area (Å²) in [7, 11) is 0. The molecule has 0 atom stereocenters. The number of furan rings is 1. The van der Waals surface area contributed by atoms with Crippen molar-refractivity contribution in [3.8, 4) is 0 Å². The zero-order valence-corrected chi connectivity index (χ0v) is 11.4. The minimum atomic E-state index is -0.0227. The number of halogens is 1. The van der Waals surface area contributed by atoms with Crippen molar-refractivity contribution in [1.82, 2.24) is 9.80 Å². The zero-order valence-electron chi connectivity index (χ0n) is 10.7. The van der Waals surface area contributed by atoms with Gasteiger partial charge in [0, 0.05) is 38.5 Å². The van der Waals surface area contributed by atoms with Crippen molar-refractivity contribution in [2.24, 2.45) is 0 Å². The summed E-state index contributed by atoms with van der Waals surface area (Å²) in [5, 5.41) is 0. The van der Waals surface area contributed by atoms with E-state index in [1.165, 1.54) is 6.26 Å². The number of hydrogen-bond acceptors (Lipinski definition) is 4. The third-order valence-corrected chi connectivity index (χ3v) is 3.39. The molecular weight excluding hydrogens is 268 g/mol. The summed E-state index contributed by atoms with van der Waals surface area (Å²) in [6.07, 6.45) is 1.88. The average molecular weight is 285 g/mol. The molecule has 1 fully saturated rings. The van der Waals surface area contributed by atoms with E-state index in [0.29, 0.717) is 50.8 Å². The van der Waals surface area contributed by atoms with Crippen molar-refractivity contribution >= 4 is 23.3 Å². The van der Waals surface area contributed by atoms with Gasteiger partial charge in [-0.2, -0.15) is 0 Å². The van der Waals surface area contributed by atoms with Crippen LogP contribution in [-0.2, 0) is 4.79 Å². The van der Waals surface area contributed by atoms with Crippen LogP contribution in [0.15, 0.2) is 22.8 Å². The van der Waals surface area contributed by atoms with Gasteiger partial charge >= 0.3 is 0 Å². The van der Waals surface area contributed by atoms with Crippen LogP contribution < -0.4 is 0 Å². The van der Waals surface area contributed by atoms with E-state index in [4.69, 9.17) is 16.0 Å². The minimum absolute atomic E-state index is 0.0227. The first kappa shape index (κ1) is 14.1. The van der Waals surface area contributed by atoms with Crippen LogP contribution in [0.1, 0.15) is 17.0 Å². The lowest BCUT2D eigenvalue weighted by atomic mass is 10.2. The number of amides is 1. The zero-order chi connectivity index (χ0) is 13.7. The number of nitrogens with zero attached hydrogens (tertiary/aromatic N) is 2. The quantitative estimate of drug-likeness (QED) is 0.603. The van der Waals surface area contributed by atoms with Gasteiger partial charge in [-0.15, -0.1) is 11.6 Å². The van der Waals surface area contributed by atoms with Gasteiger partial charge in [0.2, 0.25) is 11.7 Å². The van der Waals surface area contributed by atoms with Crippen LogP contribution in [0.4, 0.5) is 0 Å². The number of rotatable bonds is 5. The fourth-order valence-corrected chi connectivity index (χ4v) is 2.27. The first-order chi connectivity index (χ1) is 9.20. The van der Waals surface area contributed by atoms with Crippen molar-refractivity contribution in [3.63, 3.8) is 0 Å². The Morgan fingerprint density at radius 1 is 1.26 bits per heavy atom. The van der Waals surface area contributed by atoms with Crippen LogP contribution in [0.2, 0.25) is 0 Å². The van der Waals surface area contributed by atoms with Crippen molar-refractivity contribution in [1.29, 1.82) is 0 Å². The number of carbonyl (C=O) groups is 2. The third kappa shape index (κ3) is 3.81. The molecule has 1 aliphatic rings. The molecule has 104 valence electrons. The third-order valence-electron chi connectivity index (χ3n) is 3.20. The number of ketones is 1.